The third kappa shape index (κ3) is 3.61. The fraction of sp³-hybridized carbons (Fsp3) is 0.692. The Bertz CT molecular complexity index is 406. The number of ether oxygens (including phenoxy) is 1. The number of hydrogen-bond donors (Lipinski definition) is 0. The van der Waals surface area contributed by atoms with Crippen LogP contribution in [0.3, 0.4) is 0 Å². The quantitative estimate of drug-likeness (QED) is 0.567. The molecule has 0 radical (unpaired) electrons. The van der Waals surface area contributed by atoms with Crippen LogP contribution >= 0.6 is 0 Å². The van der Waals surface area contributed by atoms with Crippen molar-refractivity contribution in [3.05, 3.63) is 28.6 Å². The van der Waals surface area contributed by atoms with Crippen molar-refractivity contribution in [2.24, 2.45) is 5.18 Å². The third-order valence-corrected chi connectivity index (χ3v) is 3.57. The predicted molar refractivity (Wildman–Crippen MR) is 71.6 cm³/mol. The van der Waals surface area contributed by atoms with Gasteiger partial charge in [-0.25, -0.2) is 8.78 Å². The molecule has 0 amide bonds. The molecule has 0 bridgehead atoms. The van der Waals surface area contributed by atoms with Gasteiger partial charge in [0, 0.05) is 32.3 Å². The van der Waals surface area contributed by atoms with Crippen LogP contribution in [0.1, 0.15) is 0 Å². The summed E-state index contributed by atoms with van der Waals surface area (Å²) in [5.41, 5.74) is 0. The van der Waals surface area contributed by atoms with Crippen LogP contribution in [-0.2, 0) is 4.74 Å². The predicted octanol–water partition coefficient (Wildman–Crippen LogP) is 1.47. The molecule has 1 saturated heterocycles. The molecule has 20 heavy (non-hydrogen) atoms. The number of alkyl halides is 1. The molecule has 0 aromatic rings. The van der Waals surface area contributed by atoms with Crippen LogP contribution in [0.5, 0.6) is 0 Å². The first kappa shape index (κ1) is 15.1. The minimum Gasteiger partial charge on any atom is -0.492 e. The molecule has 0 spiro atoms. The van der Waals surface area contributed by atoms with Crippen molar-refractivity contribution in [1.82, 2.24) is 9.80 Å². The van der Waals surface area contributed by atoms with Gasteiger partial charge in [0.25, 0.3) is 0 Å². The number of allylic oxidation sites excluding steroid dienone is 1. The molecule has 2 unspecified atom stereocenters. The van der Waals surface area contributed by atoms with Crippen molar-refractivity contribution in [3.63, 3.8) is 0 Å². The number of piperazine rings is 1. The fourth-order valence-electron chi connectivity index (χ4n) is 2.44. The van der Waals surface area contributed by atoms with Gasteiger partial charge < -0.3 is 9.64 Å². The molecule has 1 heterocycles. The Kier molecular flexibility index (Phi) is 5.19. The highest BCUT2D eigenvalue weighted by Gasteiger charge is 2.35. The molecule has 112 valence electrons. The Balaban J connectivity index is 1.97. The lowest BCUT2D eigenvalue weighted by Crippen LogP contribution is -2.52. The average molecular weight is 287 g/mol. The number of rotatable bonds is 5. The van der Waals surface area contributed by atoms with Crippen LogP contribution in [0.2, 0.25) is 0 Å². The topological polar surface area (TPSA) is 45.1 Å². The summed E-state index contributed by atoms with van der Waals surface area (Å²) in [5.74, 6) is -0.400. The van der Waals surface area contributed by atoms with Gasteiger partial charge in [0.2, 0.25) is 0 Å². The Morgan fingerprint density at radius 1 is 1.40 bits per heavy atom. The van der Waals surface area contributed by atoms with Crippen molar-refractivity contribution in [1.29, 1.82) is 0 Å². The maximum Gasteiger partial charge on any atom is 0.144 e. The van der Waals surface area contributed by atoms with Crippen molar-refractivity contribution >= 4 is 0 Å². The maximum absolute atomic E-state index is 14.2. The Morgan fingerprint density at radius 3 is 2.70 bits per heavy atom. The first-order valence-electron chi connectivity index (χ1n) is 6.69. The summed E-state index contributed by atoms with van der Waals surface area (Å²) in [5, 5.41) is 2.63. The van der Waals surface area contributed by atoms with Gasteiger partial charge in [-0.2, -0.15) is 4.91 Å². The standard InChI is InChI=1S/C13H19F2N3O2/c1-17-3-5-18(6-4-17)13-11(14)8-10(9-12(13)15)20-7-2-16-19/h8-9,11,13H,2-7H2,1H3. The van der Waals surface area contributed by atoms with Gasteiger partial charge in [-0.05, 0) is 13.1 Å². The summed E-state index contributed by atoms with van der Waals surface area (Å²) in [6.07, 6.45) is 1.02. The number of hydrogen-bond acceptors (Lipinski definition) is 5. The second-order valence-corrected chi connectivity index (χ2v) is 5.03. The Hall–Kier alpha value is -1.34. The molecule has 7 heteroatoms. The summed E-state index contributed by atoms with van der Waals surface area (Å²) < 4.78 is 33.4. The highest BCUT2D eigenvalue weighted by Crippen LogP contribution is 2.27. The zero-order chi connectivity index (χ0) is 14.5. The van der Waals surface area contributed by atoms with E-state index in [4.69, 9.17) is 4.74 Å². The van der Waals surface area contributed by atoms with E-state index in [1.807, 2.05) is 11.9 Å². The smallest absolute Gasteiger partial charge is 0.144 e. The van der Waals surface area contributed by atoms with E-state index < -0.39 is 18.0 Å². The Labute approximate surface area is 116 Å². The molecule has 2 rings (SSSR count). The molecule has 1 fully saturated rings. The van der Waals surface area contributed by atoms with E-state index >= 15 is 0 Å². The summed E-state index contributed by atoms with van der Waals surface area (Å²) in [6.45, 7) is 2.88. The van der Waals surface area contributed by atoms with E-state index in [0.29, 0.717) is 13.1 Å². The number of likely N-dealkylation sites (N-methyl/N-ethyl adjacent to an activating group) is 1. The minimum atomic E-state index is -1.44. The average Bonchev–Trinajstić information content (AvgIpc) is 2.40. The fourth-order valence-corrected chi connectivity index (χ4v) is 2.44. The third-order valence-electron chi connectivity index (χ3n) is 3.57. The molecule has 1 aliphatic carbocycles. The molecule has 0 aromatic heterocycles. The van der Waals surface area contributed by atoms with Gasteiger partial charge in [0.15, 0.2) is 0 Å². The van der Waals surface area contributed by atoms with E-state index in [2.05, 4.69) is 10.1 Å². The molecule has 2 atom stereocenters. The molecule has 0 saturated carbocycles. The van der Waals surface area contributed by atoms with E-state index in [0.717, 1.165) is 13.1 Å². The largest absolute Gasteiger partial charge is 0.492 e. The minimum absolute atomic E-state index is 0.0327. The van der Waals surface area contributed by atoms with E-state index in [1.165, 1.54) is 12.2 Å². The van der Waals surface area contributed by atoms with Crippen LogP contribution in [0.25, 0.3) is 0 Å². The second-order valence-electron chi connectivity index (χ2n) is 5.03. The highest BCUT2D eigenvalue weighted by molar-refractivity contribution is 5.28. The highest BCUT2D eigenvalue weighted by atomic mass is 19.1. The van der Waals surface area contributed by atoms with Gasteiger partial charge >= 0.3 is 0 Å². The van der Waals surface area contributed by atoms with Crippen molar-refractivity contribution in [2.75, 3.05) is 46.4 Å². The van der Waals surface area contributed by atoms with Crippen molar-refractivity contribution in [3.8, 4) is 0 Å². The zero-order valence-electron chi connectivity index (χ0n) is 11.5. The summed E-state index contributed by atoms with van der Waals surface area (Å²) in [4.78, 5) is 13.9. The van der Waals surface area contributed by atoms with Crippen LogP contribution in [0.15, 0.2) is 28.9 Å². The van der Waals surface area contributed by atoms with E-state index in [-0.39, 0.29) is 18.9 Å². The number of halogens is 2. The van der Waals surface area contributed by atoms with Gasteiger partial charge in [-0.1, -0.05) is 5.18 Å². The number of nitroso groups, excluding NO2 is 1. The second kappa shape index (κ2) is 6.90. The summed E-state index contributed by atoms with van der Waals surface area (Å²) in [7, 11) is 1.99. The lowest BCUT2D eigenvalue weighted by atomic mass is 10.0. The van der Waals surface area contributed by atoms with Gasteiger partial charge in [0.1, 0.15) is 30.9 Å². The molecule has 5 nitrogen and oxygen atoms in total. The van der Waals surface area contributed by atoms with Crippen molar-refractivity contribution in [2.45, 2.75) is 12.2 Å². The maximum atomic E-state index is 14.2. The monoisotopic (exact) mass is 287 g/mol. The summed E-state index contributed by atoms with van der Waals surface area (Å²) >= 11 is 0. The van der Waals surface area contributed by atoms with Gasteiger partial charge in [0.05, 0.1) is 6.04 Å². The van der Waals surface area contributed by atoms with Crippen molar-refractivity contribution < 1.29 is 13.5 Å². The van der Waals surface area contributed by atoms with Crippen LogP contribution < -0.4 is 0 Å². The van der Waals surface area contributed by atoms with E-state index in [9.17, 15) is 13.7 Å². The van der Waals surface area contributed by atoms with Crippen LogP contribution in [-0.4, -0.2) is 68.4 Å². The van der Waals surface area contributed by atoms with Crippen LogP contribution in [0.4, 0.5) is 8.78 Å². The first-order chi connectivity index (χ1) is 9.61. The summed E-state index contributed by atoms with van der Waals surface area (Å²) in [6, 6.07) is -0.861. The molecule has 0 aromatic carbocycles. The molecule has 1 aliphatic heterocycles. The molecule has 2 aliphatic rings. The normalized spacial score (nSPS) is 28.8. The SMILES string of the molecule is CN1CCN(C2C(F)=CC(OCCN=O)=CC2F)CC1. The Morgan fingerprint density at radius 2 is 2.10 bits per heavy atom. The lowest BCUT2D eigenvalue weighted by Gasteiger charge is -2.39. The lowest BCUT2D eigenvalue weighted by molar-refractivity contribution is 0.0794. The van der Waals surface area contributed by atoms with Gasteiger partial charge in [-0.3, -0.25) is 4.90 Å². The molecular formula is C13H19F2N3O2. The van der Waals surface area contributed by atoms with E-state index in [1.54, 1.807) is 0 Å². The number of nitrogens with zero attached hydrogens (tertiary/aromatic N) is 3. The van der Waals surface area contributed by atoms with Gasteiger partial charge in [-0.15, -0.1) is 0 Å². The molecule has 0 N–H and O–H groups in total. The molecular weight excluding hydrogens is 268 g/mol. The zero-order valence-corrected chi connectivity index (χ0v) is 11.5. The van der Waals surface area contributed by atoms with Crippen LogP contribution in [0, 0.1) is 4.91 Å². The first-order valence-corrected chi connectivity index (χ1v) is 6.69.